The van der Waals surface area contributed by atoms with Crippen molar-refractivity contribution in [3.8, 4) is 17.2 Å². The number of hydrogen-bond donors (Lipinski definition) is 1. The van der Waals surface area contributed by atoms with Gasteiger partial charge in [-0.3, -0.25) is 9.69 Å². The number of esters is 1. The van der Waals surface area contributed by atoms with Crippen LogP contribution in [0.5, 0.6) is 0 Å². The van der Waals surface area contributed by atoms with Crippen molar-refractivity contribution >= 4 is 28.2 Å². The van der Waals surface area contributed by atoms with E-state index in [0.717, 1.165) is 11.1 Å². The third-order valence-electron chi connectivity index (χ3n) is 3.63. The van der Waals surface area contributed by atoms with E-state index in [9.17, 15) is 9.59 Å². The molecule has 0 unspecified atom stereocenters. The van der Waals surface area contributed by atoms with Crippen LogP contribution in [0.3, 0.4) is 0 Å². The standard InChI is InChI=1S/C19H21N3O3S/c1-3-25-19(24)17-15(14-8-5-4-6-9-14)13-26-18(17)21-16(23)12-22(2)11-7-10-20/h4-6,8-9,13H,3,7,11-12H2,1-2H3,(H,21,23). The van der Waals surface area contributed by atoms with Crippen LogP contribution in [0.15, 0.2) is 35.7 Å². The Morgan fingerprint density at radius 1 is 1.31 bits per heavy atom. The van der Waals surface area contributed by atoms with Gasteiger partial charge in [0.1, 0.15) is 10.6 Å². The predicted octanol–water partition coefficient (Wildman–Crippen LogP) is 3.38. The quantitative estimate of drug-likeness (QED) is 0.720. The molecule has 26 heavy (non-hydrogen) atoms. The van der Waals surface area contributed by atoms with E-state index in [4.69, 9.17) is 10.00 Å². The normalized spacial score (nSPS) is 10.4. The maximum atomic E-state index is 12.5. The summed E-state index contributed by atoms with van der Waals surface area (Å²) in [6, 6.07) is 11.6. The second-order valence-electron chi connectivity index (χ2n) is 5.63. The predicted molar refractivity (Wildman–Crippen MR) is 102 cm³/mol. The first kappa shape index (κ1) is 19.6. The summed E-state index contributed by atoms with van der Waals surface area (Å²) >= 11 is 1.29. The Kier molecular flexibility index (Phi) is 7.33. The Morgan fingerprint density at radius 2 is 2.04 bits per heavy atom. The van der Waals surface area contributed by atoms with Crippen LogP contribution in [0.25, 0.3) is 11.1 Å². The lowest BCUT2D eigenvalue weighted by molar-refractivity contribution is -0.117. The Morgan fingerprint density at radius 3 is 2.69 bits per heavy atom. The molecule has 0 atom stereocenters. The highest BCUT2D eigenvalue weighted by Gasteiger charge is 2.22. The van der Waals surface area contributed by atoms with Crippen LogP contribution in [-0.2, 0) is 9.53 Å². The maximum absolute atomic E-state index is 12.5. The molecule has 0 aliphatic heterocycles. The second kappa shape index (κ2) is 9.70. The number of rotatable bonds is 8. The van der Waals surface area contributed by atoms with Gasteiger partial charge in [0.15, 0.2) is 0 Å². The summed E-state index contributed by atoms with van der Waals surface area (Å²) in [6.45, 7) is 2.65. The number of likely N-dealkylation sites (N-methyl/N-ethyl adjacent to an activating group) is 1. The van der Waals surface area contributed by atoms with E-state index in [2.05, 4.69) is 5.32 Å². The highest BCUT2D eigenvalue weighted by molar-refractivity contribution is 7.15. The average Bonchev–Trinajstić information content (AvgIpc) is 3.04. The van der Waals surface area contributed by atoms with Gasteiger partial charge < -0.3 is 10.1 Å². The van der Waals surface area contributed by atoms with Gasteiger partial charge in [-0.15, -0.1) is 11.3 Å². The lowest BCUT2D eigenvalue weighted by atomic mass is 10.0. The van der Waals surface area contributed by atoms with Crippen LogP contribution in [-0.4, -0.2) is 43.5 Å². The van der Waals surface area contributed by atoms with Crippen molar-refractivity contribution in [2.75, 3.05) is 32.1 Å². The van der Waals surface area contributed by atoms with Crippen molar-refractivity contribution < 1.29 is 14.3 Å². The van der Waals surface area contributed by atoms with Gasteiger partial charge >= 0.3 is 5.97 Å². The minimum Gasteiger partial charge on any atom is -0.462 e. The van der Waals surface area contributed by atoms with Gasteiger partial charge in [0.2, 0.25) is 5.91 Å². The van der Waals surface area contributed by atoms with Crippen molar-refractivity contribution in [1.29, 1.82) is 5.26 Å². The van der Waals surface area contributed by atoms with Crippen LogP contribution in [0.1, 0.15) is 23.7 Å². The number of carbonyl (C=O) groups is 2. The summed E-state index contributed by atoms with van der Waals surface area (Å²) in [5.41, 5.74) is 2.00. The summed E-state index contributed by atoms with van der Waals surface area (Å²) in [5, 5.41) is 13.7. The fourth-order valence-electron chi connectivity index (χ4n) is 2.42. The van der Waals surface area contributed by atoms with E-state index in [0.29, 0.717) is 23.5 Å². The van der Waals surface area contributed by atoms with Gasteiger partial charge in [0.05, 0.1) is 19.2 Å². The fourth-order valence-corrected chi connectivity index (χ4v) is 3.39. The third-order valence-corrected chi connectivity index (χ3v) is 4.52. The first-order valence-corrected chi connectivity index (χ1v) is 9.14. The molecule has 1 heterocycles. The molecule has 0 radical (unpaired) electrons. The minimum atomic E-state index is -0.458. The van der Waals surface area contributed by atoms with Crippen molar-refractivity contribution in [3.05, 3.63) is 41.3 Å². The molecular formula is C19H21N3O3S. The molecule has 0 bridgehead atoms. The molecular weight excluding hydrogens is 350 g/mol. The summed E-state index contributed by atoms with van der Waals surface area (Å²) in [6.07, 6.45) is 0.356. The van der Waals surface area contributed by atoms with Crippen molar-refractivity contribution in [2.45, 2.75) is 13.3 Å². The number of nitrogens with one attached hydrogen (secondary N) is 1. The lowest BCUT2D eigenvalue weighted by Crippen LogP contribution is -2.31. The van der Waals surface area contributed by atoms with Crippen LogP contribution in [0, 0.1) is 11.3 Å². The van der Waals surface area contributed by atoms with E-state index in [1.54, 1.807) is 18.9 Å². The van der Waals surface area contributed by atoms with Gasteiger partial charge in [-0.05, 0) is 19.5 Å². The highest BCUT2D eigenvalue weighted by atomic mass is 32.1. The minimum absolute atomic E-state index is 0.141. The Labute approximate surface area is 157 Å². The van der Waals surface area contributed by atoms with E-state index in [-0.39, 0.29) is 19.1 Å². The van der Waals surface area contributed by atoms with Gasteiger partial charge in [-0.25, -0.2) is 4.79 Å². The summed E-state index contributed by atoms with van der Waals surface area (Å²) in [4.78, 5) is 26.5. The number of ether oxygens (including phenoxy) is 1. The average molecular weight is 371 g/mol. The lowest BCUT2D eigenvalue weighted by Gasteiger charge is -2.14. The number of anilines is 1. The zero-order valence-corrected chi connectivity index (χ0v) is 15.6. The maximum Gasteiger partial charge on any atom is 0.341 e. The molecule has 136 valence electrons. The monoisotopic (exact) mass is 371 g/mol. The Bertz CT molecular complexity index is 796. The summed E-state index contributed by atoms with van der Waals surface area (Å²) in [5.74, 6) is -0.696. The molecule has 0 saturated heterocycles. The van der Waals surface area contributed by atoms with Crippen LogP contribution in [0.4, 0.5) is 5.00 Å². The molecule has 0 aliphatic rings. The molecule has 6 nitrogen and oxygen atoms in total. The van der Waals surface area contributed by atoms with E-state index >= 15 is 0 Å². The molecule has 0 saturated carbocycles. The van der Waals surface area contributed by atoms with Crippen LogP contribution in [0.2, 0.25) is 0 Å². The number of thiophene rings is 1. The highest BCUT2D eigenvalue weighted by Crippen LogP contribution is 2.36. The van der Waals surface area contributed by atoms with Gasteiger partial charge in [0, 0.05) is 23.9 Å². The number of benzene rings is 1. The molecule has 1 N–H and O–H groups in total. The van der Waals surface area contributed by atoms with Gasteiger partial charge in [-0.1, -0.05) is 30.3 Å². The zero-order valence-electron chi connectivity index (χ0n) is 14.8. The molecule has 2 aromatic rings. The van der Waals surface area contributed by atoms with Crippen LogP contribution < -0.4 is 5.32 Å². The van der Waals surface area contributed by atoms with Crippen molar-refractivity contribution in [3.63, 3.8) is 0 Å². The number of hydrogen-bond acceptors (Lipinski definition) is 6. The summed E-state index contributed by atoms with van der Waals surface area (Å²) < 4.78 is 5.17. The zero-order chi connectivity index (χ0) is 18.9. The molecule has 2 rings (SSSR count). The van der Waals surface area contributed by atoms with E-state index in [1.807, 2.05) is 41.8 Å². The smallest absolute Gasteiger partial charge is 0.341 e. The number of amides is 1. The molecule has 0 aliphatic carbocycles. The van der Waals surface area contributed by atoms with Gasteiger partial charge in [0.25, 0.3) is 0 Å². The second-order valence-corrected chi connectivity index (χ2v) is 6.51. The molecule has 0 spiro atoms. The number of carbonyl (C=O) groups excluding carboxylic acids is 2. The van der Waals surface area contributed by atoms with Crippen LogP contribution >= 0.6 is 11.3 Å². The Hall–Kier alpha value is -2.69. The summed E-state index contributed by atoms with van der Waals surface area (Å²) in [7, 11) is 1.77. The molecule has 1 aromatic heterocycles. The SMILES string of the molecule is CCOC(=O)c1c(-c2ccccc2)csc1NC(=O)CN(C)CCC#N. The Balaban J connectivity index is 2.23. The first-order valence-electron chi connectivity index (χ1n) is 8.26. The topological polar surface area (TPSA) is 82.4 Å². The first-order chi connectivity index (χ1) is 12.6. The third kappa shape index (κ3) is 5.15. The van der Waals surface area contributed by atoms with E-state index in [1.165, 1.54) is 11.3 Å². The molecule has 0 fully saturated rings. The number of nitrogens with zero attached hydrogens (tertiary/aromatic N) is 2. The molecule has 1 aromatic carbocycles. The van der Waals surface area contributed by atoms with Crippen molar-refractivity contribution in [2.24, 2.45) is 0 Å². The number of nitriles is 1. The molecule has 7 heteroatoms. The van der Waals surface area contributed by atoms with E-state index < -0.39 is 5.97 Å². The molecule has 1 amide bonds. The van der Waals surface area contributed by atoms with Gasteiger partial charge in [-0.2, -0.15) is 5.26 Å². The largest absolute Gasteiger partial charge is 0.462 e. The fraction of sp³-hybridized carbons (Fsp3) is 0.316. The van der Waals surface area contributed by atoms with Crippen molar-refractivity contribution in [1.82, 2.24) is 4.90 Å².